The van der Waals surface area contributed by atoms with Crippen LogP contribution in [0.3, 0.4) is 0 Å². The number of amides is 1. The Labute approximate surface area is 241 Å². The molecule has 2 fully saturated rings. The van der Waals surface area contributed by atoms with Crippen molar-refractivity contribution in [2.45, 2.75) is 50.3 Å². The van der Waals surface area contributed by atoms with Gasteiger partial charge < -0.3 is 25.2 Å². The Morgan fingerprint density at radius 3 is 2.50 bits per heavy atom. The van der Waals surface area contributed by atoms with Gasteiger partial charge in [0, 0.05) is 57.4 Å². The fourth-order valence-corrected chi connectivity index (χ4v) is 6.18. The molecule has 1 saturated carbocycles. The Balaban J connectivity index is 1.32. The Morgan fingerprint density at radius 2 is 1.88 bits per heavy atom. The van der Waals surface area contributed by atoms with Gasteiger partial charge in [0.05, 0.1) is 4.92 Å². The van der Waals surface area contributed by atoms with Crippen molar-refractivity contribution in [1.82, 2.24) is 20.4 Å². The number of carbonyl (C=O) groups is 1. The molecule has 40 heavy (non-hydrogen) atoms. The fourth-order valence-electron chi connectivity index (χ4n) is 6.01. The summed E-state index contributed by atoms with van der Waals surface area (Å²) >= 11 is 5.38. The number of carbonyl (C=O) groups excluding carboxylic acids is 1. The van der Waals surface area contributed by atoms with Crippen LogP contribution >= 0.6 is 12.2 Å². The zero-order chi connectivity index (χ0) is 28.5. The Kier molecular flexibility index (Phi) is 10.5. The summed E-state index contributed by atoms with van der Waals surface area (Å²) in [7, 11) is 1.85. The second-order valence-corrected chi connectivity index (χ2v) is 11.0. The normalized spacial score (nSPS) is 21.4. The highest BCUT2D eigenvalue weighted by molar-refractivity contribution is 7.80. The minimum atomic E-state index is -0.447. The van der Waals surface area contributed by atoms with Crippen LogP contribution in [0, 0.1) is 16.0 Å². The van der Waals surface area contributed by atoms with E-state index in [1.807, 2.05) is 7.05 Å². The van der Waals surface area contributed by atoms with Gasteiger partial charge in [0.1, 0.15) is 6.61 Å². The molecule has 2 aromatic carbocycles. The molecule has 1 amide bonds. The number of rotatable bonds is 10. The summed E-state index contributed by atoms with van der Waals surface area (Å²) in [6.07, 6.45) is 5.21. The smallest absolute Gasteiger partial charge is 0.410 e. The summed E-state index contributed by atoms with van der Waals surface area (Å²) in [5, 5.41) is 18.1. The first kappa shape index (κ1) is 29.5. The summed E-state index contributed by atoms with van der Waals surface area (Å²) in [4.78, 5) is 27.7. The average Bonchev–Trinajstić information content (AvgIpc) is 3.37. The number of non-ortho nitro benzene ring substituents is 1. The number of ether oxygens (including phenoxy) is 1. The van der Waals surface area contributed by atoms with Crippen LogP contribution in [-0.2, 0) is 11.3 Å². The predicted octanol–water partition coefficient (Wildman–Crippen LogP) is 4.84. The highest BCUT2D eigenvalue weighted by Gasteiger charge is 2.37. The monoisotopic (exact) mass is 565 g/mol. The molecule has 0 unspecified atom stereocenters. The number of nitro benzene ring substituents is 1. The molecular formula is C30H39N5O4S. The van der Waals surface area contributed by atoms with E-state index in [4.69, 9.17) is 17.0 Å². The number of nitrogens with zero attached hydrogens (tertiary/aromatic N) is 3. The third-order valence-corrected chi connectivity index (χ3v) is 8.37. The van der Waals surface area contributed by atoms with Crippen LogP contribution in [0.1, 0.15) is 42.7 Å². The molecule has 1 aliphatic heterocycles. The summed E-state index contributed by atoms with van der Waals surface area (Å²) in [6, 6.07) is 17.3. The molecule has 0 aromatic heterocycles. The minimum Gasteiger partial charge on any atom is -0.445 e. The number of benzene rings is 2. The molecule has 3 atom stereocenters. The van der Waals surface area contributed by atoms with E-state index >= 15 is 0 Å². The van der Waals surface area contributed by atoms with Crippen molar-refractivity contribution < 1.29 is 14.5 Å². The molecule has 10 heteroatoms. The quantitative estimate of drug-likeness (QED) is 0.183. The Morgan fingerprint density at radius 1 is 1.18 bits per heavy atom. The van der Waals surface area contributed by atoms with Gasteiger partial charge in [-0.25, -0.2) is 4.79 Å². The molecule has 2 N–H and O–H groups in total. The predicted molar refractivity (Wildman–Crippen MR) is 160 cm³/mol. The lowest BCUT2D eigenvalue weighted by Gasteiger charge is -2.39. The van der Waals surface area contributed by atoms with Crippen molar-refractivity contribution in [2.75, 3.05) is 33.2 Å². The molecule has 2 aromatic rings. The maximum atomic E-state index is 13.0. The first-order valence-corrected chi connectivity index (χ1v) is 14.3. The third kappa shape index (κ3) is 7.79. The molecular weight excluding hydrogens is 526 g/mol. The Bertz CT molecular complexity index is 1150. The fraction of sp³-hybridized carbons (Fsp3) is 0.467. The molecule has 0 spiro atoms. The highest BCUT2D eigenvalue weighted by Crippen LogP contribution is 2.40. The van der Waals surface area contributed by atoms with Gasteiger partial charge in [-0.3, -0.25) is 10.1 Å². The largest absolute Gasteiger partial charge is 0.445 e. The van der Waals surface area contributed by atoms with Gasteiger partial charge in [-0.1, -0.05) is 36.4 Å². The van der Waals surface area contributed by atoms with Crippen LogP contribution < -0.4 is 10.6 Å². The summed E-state index contributed by atoms with van der Waals surface area (Å²) in [6.45, 7) is 7.17. The van der Waals surface area contributed by atoms with Gasteiger partial charge in [-0.05, 0) is 73.0 Å². The number of hydrogen-bond acceptors (Lipinski definition) is 6. The van der Waals surface area contributed by atoms with E-state index < -0.39 is 4.92 Å². The molecule has 1 heterocycles. The van der Waals surface area contributed by atoms with E-state index in [0.29, 0.717) is 35.1 Å². The van der Waals surface area contributed by atoms with Gasteiger partial charge in [0.15, 0.2) is 5.11 Å². The van der Waals surface area contributed by atoms with E-state index in [9.17, 15) is 14.9 Å². The molecule has 1 aliphatic carbocycles. The van der Waals surface area contributed by atoms with Crippen molar-refractivity contribution in [3.63, 3.8) is 0 Å². The number of piperidine rings is 1. The van der Waals surface area contributed by atoms with Gasteiger partial charge in [0.2, 0.25) is 0 Å². The number of hydrogen-bond donors (Lipinski definition) is 2. The second kappa shape index (κ2) is 14.2. The van der Waals surface area contributed by atoms with Crippen LogP contribution in [0.15, 0.2) is 67.3 Å². The number of nitro groups is 1. The lowest BCUT2D eigenvalue weighted by Crippen LogP contribution is -2.48. The SMILES string of the molecule is C=CCN(C(=O)OCc1ccc([N+](=O)[O-])cc1)C1CCN(C[C@H]2C[C@@H](NC(=S)NC)C[C@@H]2c2ccccc2)CC1. The van der Waals surface area contributed by atoms with Gasteiger partial charge in [-0.15, -0.1) is 6.58 Å². The second-order valence-electron chi connectivity index (χ2n) is 10.6. The average molecular weight is 566 g/mol. The minimum absolute atomic E-state index is 0.0102. The highest BCUT2D eigenvalue weighted by atomic mass is 32.1. The van der Waals surface area contributed by atoms with Crippen LogP contribution in [0.5, 0.6) is 0 Å². The maximum Gasteiger partial charge on any atom is 0.410 e. The Hall–Kier alpha value is -3.50. The number of thiocarbonyl (C=S) groups is 1. The van der Waals surface area contributed by atoms with Crippen molar-refractivity contribution in [3.8, 4) is 0 Å². The van der Waals surface area contributed by atoms with Crippen LogP contribution in [-0.4, -0.2) is 71.2 Å². The summed E-state index contributed by atoms with van der Waals surface area (Å²) in [5.74, 6) is 0.995. The van der Waals surface area contributed by atoms with Crippen molar-refractivity contribution in [3.05, 3.63) is 88.5 Å². The van der Waals surface area contributed by atoms with Crippen molar-refractivity contribution in [1.29, 1.82) is 0 Å². The van der Waals surface area contributed by atoms with E-state index in [-0.39, 0.29) is 24.4 Å². The lowest BCUT2D eigenvalue weighted by atomic mass is 9.88. The van der Waals surface area contributed by atoms with Gasteiger partial charge in [0.25, 0.3) is 5.69 Å². The molecule has 0 bridgehead atoms. The molecule has 0 radical (unpaired) electrons. The van der Waals surface area contributed by atoms with Crippen LogP contribution in [0.4, 0.5) is 10.5 Å². The zero-order valence-electron chi connectivity index (χ0n) is 23.0. The molecule has 214 valence electrons. The third-order valence-electron chi connectivity index (χ3n) is 8.05. The number of nitrogens with one attached hydrogen (secondary N) is 2. The summed E-state index contributed by atoms with van der Waals surface area (Å²) < 4.78 is 5.58. The maximum absolute atomic E-state index is 13.0. The molecule has 1 saturated heterocycles. The van der Waals surface area contributed by atoms with E-state index in [1.54, 1.807) is 23.1 Å². The first-order chi connectivity index (χ1) is 19.4. The van der Waals surface area contributed by atoms with E-state index in [1.165, 1.54) is 17.7 Å². The van der Waals surface area contributed by atoms with Gasteiger partial charge in [-0.2, -0.15) is 0 Å². The van der Waals surface area contributed by atoms with Gasteiger partial charge >= 0.3 is 6.09 Å². The van der Waals surface area contributed by atoms with E-state index in [2.05, 4.69) is 52.4 Å². The van der Waals surface area contributed by atoms with Crippen LogP contribution in [0.25, 0.3) is 0 Å². The topological polar surface area (TPSA) is 100.0 Å². The molecule has 9 nitrogen and oxygen atoms in total. The van der Waals surface area contributed by atoms with Crippen molar-refractivity contribution >= 4 is 29.1 Å². The van der Waals surface area contributed by atoms with Crippen molar-refractivity contribution in [2.24, 2.45) is 5.92 Å². The first-order valence-electron chi connectivity index (χ1n) is 13.9. The molecule has 2 aliphatic rings. The number of likely N-dealkylation sites (tertiary alicyclic amines) is 1. The zero-order valence-corrected chi connectivity index (χ0v) is 23.9. The van der Waals surface area contributed by atoms with E-state index in [0.717, 1.165) is 45.3 Å². The van der Waals surface area contributed by atoms with Crippen LogP contribution in [0.2, 0.25) is 0 Å². The lowest BCUT2D eigenvalue weighted by molar-refractivity contribution is -0.384. The molecule has 4 rings (SSSR count). The summed E-state index contributed by atoms with van der Waals surface area (Å²) in [5.41, 5.74) is 2.10. The standard InChI is InChI=1S/C30H39N5O4S/c1-3-15-34(30(36)39-21-22-9-11-27(12-10-22)35(37)38)26-13-16-33(17-14-26)20-24-18-25(32-29(40)31-2)19-28(24)23-7-5-4-6-8-23/h3-12,24-26,28H,1,13-21H2,2H3,(H2,31,32,40)/t24-,25-,28-/m1/s1.